The van der Waals surface area contributed by atoms with Crippen LogP contribution in [0.15, 0.2) is 24.3 Å². The average molecular weight is 302 g/mol. The lowest BCUT2D eigenvalue weighted by atomic mass is 9.88. The Bertz CT molecular complexity index is 443. The van der Waals surface area contributed by atoms with E-state index in [1.807, 2.05) is 0 Å². The molecule has 122 valence electrons. The van der Waals surface area contributed by atoms with Crippen molar-refractivity contribution in [2.75, 3.05) is 19.6 Å². The van der Waals surface area contributed by atoms with E-state index in [4.69, 9.17) is 4.74 Å². The Balaban J connectivity index is 1.46. The Morgan fingerprint density at radius 1 is 1.14 bits per heavy atom. The van der Waals surface area contributed by atoms with Gasteiger partial charge in [-0.2, -0.15) is 0 Å². The third kappa shape index (κ3) is 4.23. The summed E-state index contributed by atoms with van der Waals surface area (Å²) in [5.74, 6) is 1.88. The fourth-order valence-corrected chi connectivity index (χ4v) is 3.83. The smallest absolute Gasteiger partial charge is 0.119 e. The molecule has 2 heterocycles. The molecule has 1 aromatic rings. The van der Waals surface area contributed by atoms with E-state index < -0.39 is 0 Å². The lowest BCUT2D eigenvalue weighted by Gasteiger charge is -2.35. The minimum atomic E-state index is 0.245. The first-order valence-corrected chi connectivity index (χ1v) is 8.92. The lowest BCUT2D eigenvalue weighted by Crippen LogP contribution is -2.40. The molecule has 22 heavy (non-hydrogen) atoms. The lowest BCUT2D eigenvalue weighted by molar-refractivity contribution is 0.157. The number of hydrogen-bond donors (Lipinski definition) is 1. The molecule has 1 aromatic carbocycles. The van der Waals surface area contributed by atoms with Crippen LogP contribution in [0.4, 0.5) is 0 Å². The van der Waals surface area contributed by atoms with Gasteiger partial charge in [0.05, 0.1) is 6.10 Å². The summed E-state index contributed by atoms with van der Waals surface area (Å²) in [7, 11) is 0. The number of rotatable bonds is 5. The van der Waals surface area contributed by atoms with Gasteiger partial charge >= 0.3 is 0 Å². The fraction of sp³-hybridized carbons (Fsp3) is 0.684. The highest BCUT2D eigenvalue weighted by Crippen LogP contribution is 2.26. The quantitative estimate of drug-likeness (QED) is 0.902. The highest BCUT2D eigenvalue weighted by Gasteiger charge is 2.28. The van der Waals surface area contributed by atoms with Crippen LogP contribution in [-0.4, -0.2) is 36.7 Å². The van der Waals surface area contributed by atoms with Gasteiger partial charge in [0.2, 0.25) is 0 Å². The van der Waals surface area contributed by atoms with Crippen molar-refractivity contribution in [1.29, 1.82) is 0 Å². The third-order valence-electron chi connectivity index (χ3n) is 5.00. The largest absolute Gasteiger partial charge is 0.491 e. The molecule has 2 aliphatic rings. The maximum absolute atomic E-state index is 5.71. The topological polar surface area (TPSA) is 24.5 Å². The summed E-state index contributed by atoms with van der Waals surface area (Å²) >= 11 is 0. The van der Waals surface area contributed by atoms with Crippen molar-refractivity contribution in [2.45, 2.75) is 58.2 Å². The number of benzene rings is 1. The molecule has 0 saturated carbocycles. The zero-order chi connectivity index (χ0) is 15.4. The van der Waals surface area contributed by atoms with E-state index in [1.165, 1.54) is 50.9 Å². The molecule has 3 heteroatoms. The molecule has 1 unspecified atom stereocenters. The standard InChI is InChI=1S/C19H30N2O/c1-15(2)22-18-7-5-16(6-8-18)14-21-12-9-17(10-13-21)19-4-3-11-20-19/h5-8,15,17,19-20H,3-4,9-14H2,1-2H3. The summed E-state index contributed by atoms with van der Waals surface area (Å²) in [5, 5.41) is 3.68. The molecule has 3 nitrogen and oxygen atoms in total. The van der Waals surface area contributed by atoms with Crippen LogP contribution in [0.25, 0.3) is 0 Å². The number of piperidine rings is 1. The zero-order valence-corrected chi connectivity index (χ0v) is 14.1. The Hall–Kier alpha value is -1.06. The molecule has 0 spiro atoms. The Morgan fingerprint density at radius 3 is 2.45 bits per heavy atom. The van der Waals surface area contributed by atoms with Crippen LogP contribution in [0.2, 0.25) is 0 Å². The summed E-state index contributed by atoms with van der Waals surface area (Å²) in [4.78, 5) is 2.60. The molecular weight excluding hydrogens is 272 g/mol. The van der Waals surface area contributed by atoms with Crippen LogP contribution >= 0.6 is 0 Å². The van der Waals surface area contributed by atoms with Gasteiger partial charge in [-0.3, -0.25) is 4.90 Å². The molecule has 0 radical (unpaired) electrons. The number of nitrogens with zero attached hydrogens (tertiary/aromatic N) is 1. The van der Waals surface area contributed by atoms with E-state index in [0.29, 0.717) is 0 Å². The average Bonchev–Trinajstić information content (AvgIpc) is 3.04. The summed E-state index contributed by atoms with van der Waals surface area (Å²) < 4.78 is 5.71. The second-order valence-electron chi connectivity index (χ2n) is 7.13. The molecule has 3 rings (SSSR count). The van der Waals surface area contributed by atoms with Gasteiger partial charge in [-0.1, -0.05) is 12.1 Å². The summed E-state index contributed by atoms with van der Waals surface area (Å²) in [6, 6.07) is 9.43. The normalized spacial score (nSPS) is 24.0. The van der Waals surface area contributed by atoms with Crippen molar-refractivity contribution in [3.63, 3.8) is 0 Å². The summed E-state index contributed by atoms with van der Waals surface area (Å²) in [5.41, 5.74) is 1.40. The van der Waals surface area contributed by atoms with Crippen LogP contribution < -0.4 is 10.1 Å². The molecule has 2 aliphatic heterocycles. The van der Waals surface area contributed by atoms with Crippen molar-refractivity contribution in [3.8, 4) is 5.75 Å². The number of nitrogens with one attached hydrogen (secondary N) is 1. The molecule has 2 saturated heterocycles. The van der Waals surface area contributed by atoms with Crippen LogP contribution in [0, 0.1) is 5.92 Å². The fourth-order valence-electron chi connectivity index (χ4n) is 3.83. The second-order valence-corrected chi connectivity index (χ2v) is 7.13. The molecule has 1 atom stereocenters. The molecule has 0 aliphatic carbocycles. The first-order chi connectivity index (χ1) is 10.7. The Labute approximate surface area is 135 Å². The first-order valence-electron chi connectivity index (χ1n) is 8.92. The van der Waals surface area contributed by atoms with E-state index in [1.54, 1.807) is 0 Å². The van der Waals surface area contributed by atoms with Crippen LogP contribution in [-0.2, 0) is 6.54 Å². The molecule has 0 aromatic heterocycles. The third-order valence-corrected chi connectivity index (χ3v) is 5.00. The molecule has 1 N–H and O–H groups in total. The van der Waals surface area contributed by atoms with E-state index in [-0.39, 0.29) is 6.10 Å². The summed E-state index contributed by atoms with van der Waals surface area (Å²) in [6.45, 7) is 8.93. The predicted molar refractivity (Wildman–Crippen MR) is 91.2 cm³/mol. The highest BCUT2D eigenvalue weighted by molar-refractivity contribution is 5.27. The van der Waals surface area contributed by atoms with Crippen LogP contribution in [0.5, 0.6) is 5.75 Å². The Kier molecular flexibility index (Phi) is 5.37. The Morgan fingerprint density at radius 2 is 1.86 bits per heavy atom. The first kappa shape index (κ1) is 15.8. The van der Waals surface area contributed by atoms with Gasteiger partial charge in [0, 0.05) is 12.6 Å². The molecular formula is C19H30N2O. The predicted octanol–water partition coefficient (Wildman–Crippen LogP) is 3.44. The molecule has 0 bridgehead atoms. The van der Waals surface area contributed by atoms with Crippen molar-refractivity contribution >= 4 is 0 Å². The minimum absolute atomic E-state index is 0.245. The van der Waals surface area contributed by atoms with Gasteiger partial charge in [0.15, 0.2) is 0 Å². The molecule has 0 amide bonds. The maximum atomic E-state index is 5.71. The SMILES string of the molecule is CC(C)Oc1ccc(CN2CCC(C3CCCN3)CC2)cc1. The minimum Gasteiger partial charge on any atom is -0.491 e. The van der Waals surface area contributed by atoms with Crippen LogP contribution in [0.3, 0.4) is 0 Å². The zero-order valence-electron chi connectivity index (χ0n) is 14.1. The van der Waals surface area contributed by atoms with Gasteiger partial charge in [-0.15, -0.1) is 0 Å². The maximum Gasteiger partial charge on any atom is 0.119 e. The number of hydrogen-bond acceptors (Lipinski definition) is 3. The van der Waals surface area contributed by atoms with Gasteiger partial charge in [0.25, 0.3) is 0 Å². The second kappa shape index (κ2) is 7.47. The van der Waals surface area contributed by atoms with E-state index >= 15 is 0 Å². The van der Waals surface area contributed by atoms with Gasteiger partial charge < -0.3 is 10.1 Å². The van der Waals surface area contributed by atoms with Crippen LogP contribution in [0.1, 0.15) is 45.1 Å². The van der Waals surface area contributed by atoms with Crippen molar-refractivity contribution in [2.24, 2.45) is 5.92 Å². The van der Waals surface area contributed by atoms with Gasteiger partial charge in [-0.25, -0.2) is 0 Å². The van der Waals surface area contributed by atoms with E-state index in [2.05, 4.69) is 48.3 Å². The highest BCUT2D eigenvalue weighted by atomic mass is 16.5. The van der Waals surface area contributed by atoms with Crippen molar-refractivity contribution < 1.29 is 4.74 Å². The number of likely N-dealkylation sites (tertiary alicyclic amines) is 1. The van der Waals surface area contributed by atoms with E-state index in [0.717, 1.165) is 24.3 Å². The van der Waals surface area contributed by atoms with Crippen molar-refractivity contribution in [1.82, 2.24) is 10.2 Å². The number of ether oxygens (including phenoxy) is 1. The van der Waals surface area contributed by atoms with Gasteiger partial charge in [0.1, 0.15) is 5.75 Å². The monoisotopic (exact) mass is 302 g/mol. The van der Waals surface area contributed by atoms with Gasteiger partial charge in [-0.05, 0) is 82.8 Å². The molecule has 2 fully saturated rings. The van der Waals surface area contributed by atoms with E-state index in [9.17, 15) is 0 Å². The van der Waals surface area contributed by atoms with Crippen molar-refractivity contribution in [3.05, 3.63) is 29.8 Å². The summed E-state index contributed by atoms with van der Waals surface area (Å²) in [6.07, 6.45) is 5.71.